The van der Waals surface area contributed by atoms with Crippen molar-refractivity contribution in [2.24, 2.45) is 0 Å². The molecule has 94 valence electrons. The Morgan fingerprint density at radius 3 is 2.39 bits per heavy atom. The first-order valence-corrected chi connectivity index (χ1v) is 5.94. The summed E-state index contributed by atoms with van der Waals surface area (Å²) in [4.78, 5) is 0. The van der Waals surface area contributed by atoms with Crippen LogP contribution in [0.5, 0.6) is 0 Å². The van der Waals surface area contributed by atoms with Crippen LogP contribution < -0.4 is 11.1 Å². The smallest absolute Gasteiger partial charge is 0.123 e. The van der Waals surface area contributed by atoms with Gasteiger partial charge in [-0.3, -0.25) is 0 Å². The molecule has 0 aliphatic rings. The second-order valence-electron chi connectivity index (χ2n) is 4.27. The van der Waals surface area contributed by atoms with Crippen molar-refractivity contribution in [3.63, 3.8) is 0 Å². The topological polar surface area (TPSA) is 38.0 Å². The van der Waals surface area contributed by atoms with E-state index in [-0.39, 0.29) is 5.82 Å². The molecule has 3 N–H and O–H groups in total. The van der Waals surface area contributed by atoms with Gasteiger partial charge in [-0.1, -0.05) is 11.6 Å². The molecule has 0 unspecified atom stereocenters. The third-order valence-electron chi connectivity index (χ3n) is 2.80. The van der Waals surface area contributed by atoms with E-state index in [1.165, 1.54) is 12.1 Å². The van der Waals surface area contributed by atoms with Crippen LogP contribution in [0.1, 0.15) is 11.1 Å². The van der Waals surface area contributed by atoms with Crippen LogP contribution >= 0.6 is 11.6 Å². The van der Waals surface area contributed by atoms with E-state index in [4.69, 9.17) is 17.3 Å². The lowest BCUT2D eigenvalue weighted by Crippen LogP contribution is -1.97. The van der Waals surface area contributed by atoms with Crippen molar-refractivity contribution >= 4 is 28.7 Å². The minimum atomic E-state index is -0.245. The summed E-state index contributed by atoms with van der Waals surface area (Å²) in [6.45, 7) is 3.79. The van der Waals surface area contributed by atoms with Gasteiger partial charge in [0.15, 0.2) is 0 Å². The molecule has 0 aliphatic carbocycles. The molecule has 0 heterocycles. The zero-order valence-electron chi connectivity index (χ0n) is 10.2. The number of aryl methyl sites for hydroxylation is 2. The molecule has 0 radical (unpaired) electrons. The summed E-state index contributed by atoms with van der Waals surface area (Å²) in [7, 11) is 0. The molecule has 0 spiro atoms. The highest BCUT2D eigenvalue weighted by Gasteiger charge is 2.06. The maximum Gasteiger partial charge on any atom is 0.123 e. The van der Waals surface area contributed by atoms with Crippen molar-refractivity contribution in [3.8, 4) is 0 Å². The van der Waals surface area contributed by atoms with Crippen molar-refractivity contribution in [2.75, 3.05) is 11.1 Å². The van der Waals surface area contributed by atoms with E-state index in [2.05, 4.69) is 5.32 Å². The second kappa shape index (κ2) is 4.86. The fourth-order valence-electron chi connectivity index (χ4n) is 1.75. The molecule has 0 fully saturated rings. The number of anilines is 3. The Hall–Kier alpha value is -1.74. The van der Waals surface area contributed by atoms with E-state index in [9.17, 15) is 4.39 Å². The van der Waals surface area contributed by atoms with Crippen LogP contribution in [0, 0.1) is 19.7 Å². The number of rotatable bonds is 2. The van der Waals surface area contributed by atoms with Crippen molar-refractivity contribution in [1.29, 1.82) is 0 Å². The van der Waals surface area contributed by atoms with Crippen LogP contribution in [0.25, 0.3) is 0 Å². The monoisotopic (exact) mass is 264 g/mol. The molecule has 0 aromatic heterocycles. The lowest BCUT2D eigenvalue weighted by molar-refractivity contribution is 0.627. The van der Waals surface area contributed by atoms with Crippen molar-refractivity contribution < 1.29 is 4.39 Å². The minimum absolute atomic E-state index is 0.245. The van der Waals surface area contributed by atoms with Gasteiger partial charge in [-0.25, -0.2) is 4.39 Å². The molecule has 0 saturated carbocycles. The van der Waals surface area contributed by atoms with Gasteiger partial charge in [0, 0.05) is 11.4 Å². The van der Waals surface area contributed by atoms with E-state index in [1.807, 2.05) is 19.9 Å². The van der Waals surface area contributed by atoms with E-state index < -0.39 is 0 Å². The van der Waals surface area contributed by atoms with Crippen molar-refractivity contribution in [2.45, 2.75) is 13.8 Å². The lowest BCUT2D eigenvalue weighted by Gasteiger charge is -2.13. The van der Waals surface area contributed by atoms with Crippen LogP contribution in [0.3, 0.4) is 0 Å². The van der Waals surface area contributed by atoms with Crippen LogP contribution in [-0.2, 0) is 0 Å². The van der Waals surface area contributed by atoms with Gasteiger partial charge in [0.25, 0.3) is 0 Å². The van der Waals surface area contributed by atoms with Gasteiger partial charge in [0.2, 0.25) is 0 Å². The highest BCUT2D eigenvalue weighted by Crippen LogP contribution is 2.30. The number of nitrogens with two attached hydrogens (primary N) is 1. The third-order valence-corrected chi connectivity index (χ3v) is 3.13. The second-order valence-corrected chi connectivity index (χ2v) is 4.68. The Kier molecular flexibility index (Phi) is 3.43. The predicted octanol–water partition coefficient (Wildman–Crippen LogP) is 4.42. The summed E-state index contributed by atoms with van der Waals surface area (Å²) < 4.78 is 13.0. The zero-order chi connectivity index (χ0) is 13.3. The summed E-state index contributed by atoms with van der Waals surface area (Å²) in [5, 5.41) is 3.73. The largest absolute Gasteiger partial charge is 0.398 e. The number of hydrogen-bond donors (Lipinski definition) is 2. The maximum absolute atomic E-state index is 13.0. The first-order valence-electron chi connectivity index (χ1n) is 5.56. The number of nitrogens with one attached hydrogen (secondary N) is 1. The van der Waals surface area contributed by atoms with E-state index in [0.29, 0.717) is 10.7 Å². The highest BCUT2D eigenvalue weighted by atomic mass is 35.5. The van der Waals surface area contributed by atoms with Crippen LogP contribution in [0.2, 0.25) is 5.02 Å². The van der Waals surface area contributed by atoms with Gasteiger partial charge in [-0.05, 0) is 55.3 Å². The SMILES string of the molecule is Cc1cc(F)ccc1Nc1cc(Cl)c(N)cc1C. The Morgan fingerprint density at radius 2 is 1.72 bits per heavy atom. The molecule has 18 heavy (non-hydrogen) atoms. The Morgan fingerprint density at radius 1 is 1.06 bits per heavy atom. The van der Waals surface area contributed by atoms with Gasteiger partial charge in [-0.15, -0.1) is 0 Å². The van der Waals surface area contributed by atoms with Crippen LogP contribution in [-0.4, -0.2) is 0 Å². The molecule has 0 atom stereocenters. The Balaban J connectivity index is 2.37. The Bertz CT molecular complexity index is 597. The average Bonchev–Trinajstić information content (AvgIpc) is 2.29. The normalized spacial score (nSPS) is 10.4. The fraction of sp³-hybridized carbons (Fsp3) is 0.143. The zero-order valence-corrected chi connectivity index (χ0v) is 11.0. The van der Waals surface area contributed by atoms with Crippen LogP contribution in [0.4, 0.5) is 21.5 Å². The molecule has 0 saturated heterocycles. The van der Waals surface area contributed by atoms with E-state index in [1.54, 1.807) is 12.1 Å². The molecule has 2 aromatic rings. The summed E-state index contributed by atoms with van der Waals surface area (Å²) >= 11 is 5.99. The summed E-state index contributed by atoms with van der Waals surface area (Å²) in [5.41, 5.74) is 9.81. The average molecular weight is 265 g/mol. The van der Waals surface area contributed by atoms with Gasteiger partial charge >= 0.3 is 0 Å². The standard InChI is InChI=1S/C14H14ClFN2/c1-8-5-10(16)3-4-13(8)18-14-7-11(15)12(17)6-9(14)2/h3-7,18H,17H2,1-2H3. The minimum Gasteiger partial charge on any atom is -0.398 e. The van der Waals surface area contributed by atoms with Crippen LogP contribution in [0.15, 0.2) is 30.3 Å². The summed E-state index contributed by atoms with van der Waals surface area (Å²) in [5.74, 6) is -0.245. The molecule has 0 bridgehead atoms. The Labute approximate surface area is 111 Å². The fourth-order valence-corrected chi connectivity index (χ4v) is 1.91. The lowest BCUT2D eigenvalue weighted by atomic mass is 10.1. The van der Waals surface area contributed by atoms with E-state index >= 15 is 0 Å². The van der Waals surface area contributed by atoms with Gasteiger partial charge in [-0.2, -0.15) is 0 Å². The summed E-state index contributed by atoms with van der Waals surface area (Å²) in [6, 6.07) is 8.19. The van der Waals surface area contributed by atoms with Crippen molar-refractivity contribution in [1.82, 2.24) is 0 Å². The molecule has 0 amide bonds. The summed E-state index contributed by atoms with van der Waals surface area (Å²) in [6.07, 6.45) is 0. The predicted molar refractivity (Wildman–Crippen MR) is 75.0 cm³/mol. The third kappa shape index (κ3) is 2.57. The van der Waals surface area contributed by atoms with Gasteiger partial charge < -0.3 is 11.1 Å². The highest BCUT2D eigenvalue weighted by molar-refractivity contribution is 6.33. The molecule has 0 aliphatic heterocycles. The number of halogens is 2. The molecular formula is C14H14ClFN2. The first-order chi connectivity index (χ1) is 8.47. The number of hydrogen-bond acceptors (Lipinski definition) is 2. The maximum atomic E-state index is 13.0. The van der Waals surface area contributed by atoms with Gasteiger partial charge in [0.1, 0.15) is 5.82 Å². The number of benzene rings is 2. The molecule has 2 aromatic carbocycles. The first kappa shape index (κ1) is 12.7. The van der Waals surface area contributed by atoms with Gasteiger partial charge in [0.05, 0.1) is 10.7 Å². The molecular weight excluding hydrogens is 251 g/mol. The number of nitrogen functional groups attached to an aromatic ring is 1. The van der Waals surface area contributed by atoms with E-state index in [0.717, 1.165) is 22.5 Å². The quantitative estimate of drug-likeness (QED) is 0.788. The molecule has 2 rings (SSSR count). The molecule has 4 heteroatoms. The molecule has 2 nitrogen and oxygen atoms in total. The van der Waals surface area contributed by atoms with Crippen molar-refractivity contribution in [3.05, 3.63) is 52.3 Å².